The molecular formula is C35H28N2O9. The van der Waals surface area contributed by atoms with Crippen molar-refractivity contribution in [2.45, 2.75) is 25.7 Å². The number of hydrogen-bond donors (Lipinski definition) is 3. The molecule has 1 saturated carbocycles. The highest BCUT2D eigenvalue weighted by Crippen LogP contribution is 2.59. The number of carbonyl (C=O) groups excluding carboxylic acids is 4. The lowest BCUT2D eigenvalue weighted by Gasteiger charge is -2.44. The van der Waals surface area contributed by atoms with Crippen LogP contribution < -0.4 is 9.80 Å². The van der Waals surface area contributed by atoms with Crippen LogP contribution in [0.25, 0.3) is 0 Å². The molecule has 0 bridgehead atoms. The fraction of sp³-hybridized carbons (Fsp3) is 0.257. The number of aromatic hydroxyl groups is 1. The van der Waals surface area contributed by atoms with Crippen LogP contribution in [-0.4, -0.2) is 50.9 Å². The van der Waals surface area contributed by atoms with Crippen molar-refractivity contribution in [2.24, 2.45) is 29.6 Å². The average Bonchev–Trinajstić information content (AvgIpc) is 3.45. The van der Waals surface area contributed by atoms with E-state index in [9.17, 15) is 44.1 Å². The molecule has 0 radical (unpaired) electrons. The molecule has 0 spiro atoms. The highest BCUT2D eigenvalue weighted by atomic mass is 16.4. The number of aromatic carboxylic acids is 2. The van der Waals surface area contributed by atoms with E-state index in [1.54, 1.807) is 25.1 Å². The van der Waals surface area contributed by atoms with E-state index >= 15 is 0 Å². The zero-order valence-corrected chi connectivity index (χ0v) is 24.5. The van der Waals surface area contributed by atoms with E-state index in [2.05, 4.69) is 0 Å². The first-order chi connectivity index (χ1) is 22.0. The minimum atomic E-state index is -1.22. The molecule has 3 aromatic carbocycles. The molecule has 2 heterocycles. The Morgan fingerprint density at radius 2 is 1.24 bits per heavy atom. The van der Waals surface area contributed by atoms with Gasteiger partial charge in [-0.1, -0.05) is 42.0 Å². The third-order valence-electron chi connectivity index (χ3n) is 9.96. The lowest BCUT2D eigenvalue weighted by Crippen LogP contribution is -2.43. The number of carboxylic acid groups (broad SMARTS) is 2. The lowest BCUT2D eigenvalue weighted by atomic mass is 9.57. The second-order valence-corrected chi connectivity index (χ2v) is 12.3. The van der Waals surface area contributed by atoms with Crippen molar-refractivity contribution in [3.05, 3.63) is 101 Å². The number of fused-ring (bicyclic) bond motifs is 4. The fourth-order valence-electron chi connectivity index (χ4n) is 7.93. The van der Waals surface area contributed by atoms with Gasteiger partial charge in [0.2, 0.25) is 23.6 Å². The van der Waals surface area contributed by atoms with Gasteiger partial charge in [-0.05, 0) is 67.6 Å². The first-order valence-corrected chi connectivity index (χ1v) is 14.9. The van der Waals surface area contributed by atoms with Gasteiger partial charge in [-0.25, -0.2) is 9.59 Å². The van der Waals surface area contributed by atoms with Gasteiger partial charge in [0.25, 0.3) is 0 Å². The number of anilines is 2. The van der Waals surface area contributed by atoms with Crippen LogP contribution in [0, 0.1) is 36.5 Å². The van der Waals surface area contributed by atoms with Crippen molar-refractivity contribution >= 4 is 46.9 Å². The van der Waals surface area contributed by atoms with Crippen molar-refractivity contribution in [1.29, 1.82) is 0 Å². The van der Waals surface area contributed by atoms with E-state index in [-0.39, 0.29) is 41.1 Å². The smallest absolute Gasteiger partial charge is 0.335 e. The summed E-state index contributed by atoms with van der Waals surface area (Å²) < 4.78 is 0. The Labute approximate surface area is 262 Å². The summed E-state index contributed by atoms with van der Waals surface area (Å²) in [6.45, 7) is 1.72. The summed E-state index contributed by atoms with van der Waals surface area (Å²) in [7, 11) is 0. The quantitative estimate of drug-likeness (QED) is 0.280. The fourth-order valence-corrected chi connectivity index (χ4v) is 7.93. The number of rotatable bonds is 5. The number of phenols is 1. The van der Waals surface area contributed by atoms with Gasteiger partial charge < -0.3 is 15.3 Å². The molecule has 4 aliphatic rings. The van der Waals surface area contributed by atoms with Crippen LogP contribution in [0.15, 0.2) is 78.4 Å². The minimum absolute atomic E-state index is 0.0394. The molecule has 2 saturated heterocycles. The van der Waals surface area contributed by atoms with E-state index in [4.69, 9.17) is 0 Å². The highest BCUT2D eigenvalue weighted by molar-refractivity contribution is 6.24. The minimum Gasteiger partial charge on any atom is -0.507 e. The summed E-state index contributed by atoms with van der Waals surface area (Å²) in [5.74, 6) is -9.42. The van der Waals surface area contributed by atoms with Crippen LogP contribution in [0.2, 0.25) is 0 Å². The van der Waals surface area contributed by atoms with Crippen LogP contribution >= 0.6 is 0 Å². The Balaban J connectivity index is 1.34. The Bertz CT molecular complexity index is 1930. The van der Waals surface area contributed by atoms with Crippen LogP contribution in [0.1, 0.15) is 50.6 Å². The number of phenolic OH excluding ortho intramolecular Hbond substituents is 1. The second kappa shape index (κ2) is 10.5. The van der Waals surface area contributed by atoms with E-state index in [1.807, 2.05) is 6.08 Å². The first-order valence-electron chi connectivity index (χ1n) is 14.9. The number of para-hydroxylation sites is 1. The molecule has 2 aliphatic heterocycles. The molecular weight excluding hydrogens is 592 g/mol. The summed E-state index contributed by atoms with van der Waals surface area (Å²) in [5, 5.41) is 30.3. The zero-order valence-electron chi connectivity index (χ0n) is 24.5. The second-order valence-electron chi connectivity index (χ2n) is 12.3. The summed E-state index contributed by atoms with van der Waals surface area (Å²) in [4.78, 5) is 81.6. The lowest BCUT2D eigenvalue weighted by molar-refractivity contribution is -0.126. The Kier molecular flexibility index (Phi) is 6.66. The maximum absolute atomic E-state index is 14.2. The number of benzene rings is 3. The molecule has 3 fully saturated rings. The zero-order chi connectivity index (χ0) is 32.6. The van der Waals surface area contributed by atoms with Crippen molar-refractivity contribution in [2.75, 3.05) is 9.80 Å². The molecule has 6 atom stereocenters. The van der Waals surface area contributed by atoms with Crippen LogP contribution in [-0.2, 0) is 19.2 Å². The molecule has 11 heteroatoms. The molecule has 3 aromatic rings. The predicted molar refractivity (Wildman–Crippen MR) is 162 cm³/mol. The van der Waals surface area contributed by atoms with Crippen molar-refractivity contribution in [1.82, 2.24) is 0 Å². The number of carboxylic acids is 2. The largest absolute Gasteiger partial charge is 0.507 e. The maximum atomic E-state index is 14.2. The Morgan fingerprint density at radius 1 is 0.696 bits per heavy atom. The maximum Gasteiger partial charge on any atom is 0.335 e. The topological polar surface area (TPSA) is 170 Å². The standard InChI is InChI=1S/C35H28N2O9/c1-16-5-2-10-22(29(16)38)26-21-11-12-23-27(32(41)36(30(23)39)19-8-3-6-17(13-19)34(43)44)24(21)15-25-28(26)33(42)37(31(25)40)20-9-4-7-18(14-20)35(45)46/h2-11,13-14,23-28,38H,12,15H2,1H3,(H,43,44)(H,45,46). The van der Waals surface area contributed by atoms with E-state index in [0.717, 1.165) is 9.80 Å². The number of aryl methyl sites for hydroxylation is 1. The van der Waals surface area contributed by atoms with Gasteiger partial charge in [-0.3, -0.25) is 29.0 Å². The monoisotopic (exact) mass is 620 g/mol. The molecule has 2 aliphatic carbocycles. The van der Waals surface area contributed by atoms with E-state index in [1.165, 1.54) is 48.5 Å². The molecule has 3 N–H and O–H groups in total. The average molecular weight is 621 g/mol. The highest BCUT2D eigenvalue weighted by Gasteiger charge is 2.62. The summed E-state index contributed by atoms with van der Waals surface area (Å²) in [6, 6.07) is 16.3. The molecule has 6 unspecified atom stereocenters. The summed E-state index contributed by atoms with van der Waals surface area (Å²) in [5.41, 5.74) is 1.76. The Hall–Kier alpha value is -5.58. The van der Waals surface area contributed by atoms with Gasteiger partial charge >= 0.3 is 11.9 Å². The van der Waals surface area contributed by atoms with Crippen LogP contribution in [0.3, 0.4) is 0 Å². The molecule has 46 heavy (non-hydrogen) atoms. The molecule has 232 valence electrons. The van der Waals surface area contributed by atoms with Crippen LogP contribution in [0.5, 0.6) is 5.75 Å². The number of amides is 4. The van der Waals surface area contributed by atoms with Gasteiger partial charge in [0.1, 0.15) is 5.75 Å². The molecule has 7 rings (SSSR count). The SMILES string of the molecule is Cc1cccc(C2C3=CCC4C(=O)N(c5cccc(C(=O)O)c5)C(=O)C4C3CC3C(=O)N(c4cccc(C(=O)O)c4)C(=O)C32)c1O. The van der Waals surface area contributed by atoms with Crippen molar-refractivity contribution in [3.63, 3.8) is 0 Å². The van der Waals surface area contributed by atoms with Crippen molar-refractivity contribution in [3.8, 4) is 5.75 Å². The normalized spacial score (nSPS) is 26.8. The van der Waals surface area contributed by atoms with E-state index in [0.29, 0.717) is 16.7 Å². The number of allylic oxidation sites excluding steroid dienone is 2. The third kappa shape index (κ3) is 4.18. The summed E-state index contributed by atoms with van der Waals surface area (Å²) in [6.07, 6.45) is 2.12. The Morgan fingerprint density at radius 3 is 1.83 bits per heavy atom. The first kappa shape index (κ1) is 29.1. The van der Waals surface area contributed by atoms with Gasteiger partial charge in [0, 0.05) is 11.5 Å². The number of nitrogens with zero attached hydrogens (tertiary/aromatic N) is 2. The predicted octanol–water partition coefficient (Wildman–Crippen LogP) is 4.14. The van der Waals surface area contributed by atoms with Gasteiger partial charge in [-0.2, -0.15) is 0 Å². The van der Waals surface area contributed by atoms with Crippen LogP contribution in [0.4, 0.5) is 11.4 Å². The third-order valence-corrected chi connectivity index (χ3v) is 9.96. The number of carbonyl (C=O) groups is 6. The molecule has 0 aromatic heterocycles. The molecule has 11 nitrogen and oxygen atoms in total. The van der Waals surface area contributed by atoms with E-state index < -0.39 is 71.1 Å². The van der Waals surface area contributed by atoms with Gasteiger partial charge in [-0.15, -0.1) is 0 Å². The van der Waals surface area contributed by atoms with Gasteiger partial charge in [0.05, 0.1) is 46.2 Å². The number of hydrogen-bond acceptors (Lipinski definition) is 7. The van der Waals surface area contributed by atoms with Crippen molar-refractivity contribution < 1.29 is 44.1 Å². The summed E-state index contributed by atoms with van der Waals surface area (Å²) >= 11 is 0. The number of imide groups is 2. The van der Waals surface area contributed by atoms with Gasteiger partial charge in [0.15, 0.2) is 0 Å². The molecule has 4 amide bonds.